The summed E-state index contributed by atoms with van der Waals surface area (Å²) in [6.45, 7) is 4.20. The average molecular weight is 491 g/mol. The first-order valence-corrected chi connectivity index (χ1v) is 12.8. The van der Waals surface area contributed by atoms with Crippen LogP contribution >= 0.6 is 11.6 Å². The van der Waals surface area contributed by atoms with Crippen molar-refractivity contribution >= 4 is 29.4 Å². The first-order chi connectivity index (χ1) is 16.9. The molecule has 5 rings (SSSR count). The third kappa shape index (κ3) is 5.27. The summed E-state index contributed by atoms with van der Waals surface area (Å²) in [5, 5.41) is 3.65. The molecule has 0 aliphatic heterocycles. The van der Waals surface area contributed by atoms with Gasteiger partial charge in [-0.25, -0.2) is 4.98 Å². The van der Waals surface area contributed by atoms with Crippen molar-refractivity contribution in [1.82, 2.24) is 14.5 Å². The normalized spacial score (nSPS) is 15.9. The summed E-state index contributed by atoms with van der Waals surface area (Å²) in [6, 6.07) is 13.8. The van der Waals surface area contributed by atoms with Gasteiger partial charge in [0.05, 0.1) is 5.69 Å². The van der Waals surface area contributed by atoms with Crippen LogP contribution in [0.5, 0.6) is 0 Å². The summed E-state index contributed by atoms with van der Waals surface area (Å²) in [7, 11) is 0. The molecule has 2 aliphatic carbocycles. The molecule has 2 fully saturated rings. The highest BCUT2D eigenvalue weighted by molar-refractivity contribution is 6.30. The second-order valence-electron chi connectivity index (χ2n) is 9.82. The molecule has 2 aliphatic rings. The Balaban J connectivity index is 1.42. The fourth-order valence-corrected chi connectivity index (χ4v) is 4.93. The van der Waals surface area contributed by atoms with Gasteiger partial charge in [-0.15, -0.1) is 0 Å². The second-order valence-corrected chi connectivity index (χ2v) is 10.3. The van der Waals surface area contributed by atoms with Crippen molar-refractivity contribution < 1.29 is 9.59 Å². The van der Waals surface area contributed by atoms with E-state index in [9.17, 15) is 9.59 Å². The standard InChI is InChI=1S/C28H31ClN4O2/c1-18-7-12-24(15-19(18)2)33-16-25(20-8-10-22(29)11-9-20)30-28(33)31-26(34)17-32(23-13-14-23)27(35)21-5-3-4-6-21/h7-12,15-16,21,23H,3-6,13-14,17H2,1-2H3,(H,30,31,34). The molecule has 0 bridgehead atoms. The molecule has 35 heavy (non-hydrogen) atoms. The summed E-state index contributed by atoms with van der Waals surface area (Å²) >= 11 is 6.07. The highest BCUT2D eigenvalue weighted by Crippen LogP contribution is 2.33. The lowest BCUT2D eigenvalue weighted by molar-refractivity contribution is -0.138. The van der Waals surface area contributed by atoms with Gasteiger partial charge in [-0.3, -0.25) is 19.5 Å². The number of halogens is 1. The highest BCUT2D eigenvalue weighted by Gasteiger charge is 2.37. The Labute approximate surface area is 211 Å². The number of imidazole rings is 1. The first kappa shape index (κ1) is 23.6. The van der Waals surface area contributed by atoms with Crippen molar-refractivity contribution in [2.75, 3.05) is 11.9 Å². The zero-order chi connectivity index (χ0) is 24.5. The molecular weight excluding hydrogens is 460 g/mol. The molecule has 1 N–H and O–H groups in total. The van der Waals surface area contributed by atoms with Crippen molar-refractivity contribution in [3.63, 3.8) is 0 Å². The van der Waals surface area contributed by atoms with Crippen molar-refractivity contribution in [2.24, 2.45) is 5.92 Å². The van der Waals surface area contributed by atoms with E-state index < -0.39 is 0 Å². The summed E-state index contributed by atoms with van der Waals surface area (Å²) in [5.41, 5.74) is 4.91. The van der Waals surface area contributed by atoms with Crippen molar-refractivity contribution in [1.29, 1.82) is 0 Å². The maximum absolute atomic E-state index is 13.2. The van der Waals surface area contributed by atoms with Crippen LogP contribution in [0.4, 0.5) is 5.95 Å². The summed E-state index contributed by atoms with van der Waals surface area (Å²) in [4.78, 5) is 32.9. The number of nitrogens with one attached hydrogen (secondary N) is 1. The van der Waals surface area contributed by atoms with Crippen LogP contribution < -0.4 is 5.32 Å². The van der Waals surface area contributed by atoms with Gasteiger partial charge in [-0.1, -0.05) is 42.6 Å². The maximum atomic E-state index is 13.2. The number of benzene rings is 2. The molecule has 0 unspecified atom stereocenters. The second kappa shape index (κ2) is 9.86. The fraction of sp³-hybridized carbons (Fsp3) is 0.393. The summed E-state index contributed by atoms with van der Waals surface area (Å²) in [6.07, 6.45) is 7.94. The number of amides is 2. The number of nitrogens with zero attached hydrogens (tertiary/aromatic N) is 3. The average Bonchev–Trinajstić information content (AvgIpc) is 3.36. The monoisotopic (exact) mass is 490 g/mol. The molecule has 2 saturated carbocycles. The molecule has 2 aromatic carbocycles. The van der Waals surface area contributed by atoms with Gasteiger partial charge in [0.2, 0.25) is 17.8 Å². The van der Waals surface area contributed by atoms with E-state index in [1.165, 1.54) is 5.56 Å². The van der Waals surface area contributed by atoms with Gasteiger partial charge in [0.25, 0.3) is 0 Å². The van der Waals surface area contributed by atoms with Crippen molar-refractivity contribution in [2.45, 2.75) is 58.4 Å². The van der Waals surface area contributed by atoms with E-state index in [-0.39, 0.29) is 30.3 Å². The van der Waals surface area contributed by atoms with Gasteiger partial charge >= 0.3 is 0 Å². The van der Waals surface area contributed by atoms with Crippen molar-refractivity contribution in [3.05, 3.63) is 64.8 Å². The SMILES string of the molecule is Cc1ccc(-n2cc(-c3ccc(Cl)cc3)nc2NC(=O)CN(C(=O)C2CCCC2)C2CC2)cc1C. The minimum absolute atomic E-state index is 0.0655. The van der Waals surface area contributed by atoms with Crippen LogP contribution in [-0.2, 0) is 9.59 Å². The van der Waals surface area contributed by atoms with Gasteiger partial charge in [0.15, 0.2) is 0 Å². The molecule has 0 radical (unpaired) electrons. The number of aryl methyl sites for hydroxylation is 2. The molecule has 0 spiro atoms. The van der Waals surface area contributed by atoms with Gasteiger partial charge in [0, 0.05) is 34.4 Å². The number of rotatable bonds is 7. The summed E-state index contributed by atoms with van der Waals surface area (Å²) in [5.74, 6) is 0.422. The minimum Gasteiger partial charge on any atom is -0.330 e. The number of carbonyl (C=O) groups excluding carboxylic acids is 2. The van der Waals surface area contributed by atoms with Crippen LogP contribution in [0.1, 0.15) is 49.7 Å². The topological polar surface area (TPSA) is 67.2 Å². The molecule has 182 valence electrons. The molecular formula is C28H31ClN4O2. The Hall–Kier alpha value is -3.12. The Morgan fingerprint density at radius 1 is 1.03 bits per heavy atom. The maximum Gasteiger partial charge on any atom is 0.246 e. The molecule has 2 amide bonds. The predicted molar refractivity (Wildman–Crippen MR) is 139 cm³/mol. The van der Waals surface area contributed by atoms with Crippen LogP contribution in [0.25, 0.3) is 16.9 Å². The Morgan fingerprint density at radius 2 is 1.74 bits per heavy atom. The van der Waals surface area contributed by atoms with Gasteiger partial charge in [0.1, 0.15) is 6.54 Å². The van der Waals surface area contributed by atoms with E-state index in [1.54, 1.807) is 4.90 Å². The van der Waals surface area contributed by atoms with Gasteiger partial charge < -0.3 is 4.90 Å². The van der Waals surface area contributed by atoms with Gasteiger partial charge in [-0.2, -0.15) is 0 Å². The lowest BCUT2D eigenvalue weighted by atomic mass is 10.1. The van der Waals surface area contributed by atoms with E-state index in [4.69, 9.17) is 16.6 Å². The lowest BCUT2D eigenvalue weighted by Crippen LogP contribution is -2.42. The van der Waals surface area contributed by atoms with Crippen molar-refractivity contribution in [3.8, 4) is 16.9 Å². The minimum atomic E-state index is -0.221. The number of carbonyl (C=O) groups is 2. The van der Waals surface area contributed by atoms with E-state index in [2.05, 4.69) is 31.3 Å². The van der Waals surface area contributed by atoms with E-state index >= 15 is 0 Å². The quantitative estimate of drug-likeness (QED) is 0.446. The van der Waals surface area contributed by atoms with Crippen LogP contribution in [0.15, 0.2) is 48.7 Å². The molecule has 0 atom stereocenters. The molecule has 3 aromatic rings. The van der Waals surface area contributed by atoms with E-state index in [0.29, 0.717) is 11.0 Å². The number of hydrogen-bond donors (Lipinski definition) is 1. The first-order valence-electron chi connectivity index (χ1n) is 12.4. The Bertz CT molecular complexity index is 1240. The third-order valence-electron chi connectivity index (χ3n) is 7.15. The summed E-state index contributed by atoms with van der Waals surface area (Å²) < 4.78 is 1.90. The zero-order valence-electron chi connectivity index (χ0n) is 20.3. The Kier molecular flexibility index (Phi) is 6.65. The smallest absolute Gasteiger partial charge is 0.246 e. The molecule has 6 nitrogen and oxygen atoms in total. The van der Waals surface area contributed by atoms with Crippen LogP contribution in [0, 0.1) is 19.8 Å². The Morgan fingerprint density at radius 3 is 2.40 bits per heavy atom. The van der Waals surface area contributed by atoms with Crippen LogP contribution in [0.2, 0.25) is 5.02 Å². The van der Waals surface area contributed by atoms with Gasteiger partial charge in [-0.05, 0) is 74.9 Å². The molecule has 7 heteroatoms. The molecule has 0 saturated heterocycles. The zero-order valence-corrected chi connectivity index (χ0v) is 21.0. The van der Waals surface area contributed by atoms with Crippen LogP contribution in [-0.4, -0.2) is 38.9 Å². The van der Waals surface area contributed by atoms with E-state index in [1.807, 2.05) is 41.1 Å². The number of anilines is 1. The molecule has 1 heterocycles. The highest BCUT2D eigenvalue weighted by atomic mass is 35.5. The fourth-order valence-electron chi connectivity index (χ4n) is 4.80. The molecule has 1 aromatic heterocycles. The van der Waals surface area contributed by atoms with E-state index in [0.717, 1.165) is 61.0 Å². The number of hydrogen-bond acceptors (Lipinski definition) is 3. The van der Waals surface area contributed by atoms with Crippen LogP contribution in [0.3, 0.4) is 0 Å². The predicted octanol–water partition coefficient (Wildman–Crippen LogP) is 5.93. The number of aromatic nitrogens is 2. The lowest BCUT2D eigenvalue weighted by Gasteiger charge is -2.25. The third-order valence-corrected chi connectivity index (χ3v) is 7.41. The largest absolute Gasteiger partial charge is 0.330 e.